The predicted octanol–water partition coefficient (Wildman–Crippen LogP) is 0.223. The average molecular weight is 287 g/mol. The van der Waals surface area contributed by atoms with Gasteiger partial charge in [0.1, 0.15) is 16.3 Å². The first-order valence-electron chi connectivity index (χ1n) is 4.96. The van der Waals surface area contributed by atoms with Crippen LogP contribution in [0.1, 0.15) is 12.8 Å². The number of amides is 1. The van der Waals surface area contributed by atoms with E-state index < -0.39 is 0 Å². The van der Waals surface area contributed by atoms with E-state index in [-0.39, 0.29) is 17.5 Å². The lowest BCUT2D eigenvalue weighted by molar-refractivity contribution is -0.123. The van der Waals surface area contributed by atoms with E-state index >= 15 is 0 Å². The Hall–Kier alpha value is -1.37. The summed E-state index contributed by atoms with van der Waals surface area (Å²) in [7, 11) is 0. The molecule has 1 aliphatic heterocycles. The van der Waals surface area contributed by atoms with Gasteiger partial charge in [-0.2, -0.15) is 0 Å². The van der Waals surface area contributed by atoms with E-state index in [0.29, 0.717) is 16.8 Å². The van der Waals surface area contributed by atoms with Crippen LogP contribution in [0.4, 0.5) is 5.82 Å². The zero-order chi connectivity index (χ0) is 11.5. The molecule has 16 heavy (non-hydrogen) atoms. The molecule has 0 radical (unpaired) electrons. The number of carbonyl (C=O) groups is 1. The number of piperidine rings is 1. The lowest BCUT2D eigenvalue weighted by atomic mass is 10.1. The van der Waals surface area contributed by atoms with Crippen LogP contribution in [0.2, 0.25) is 0 Å². The van der Waals surface area contributed by atoms with Crippen molar-refractivity contribution in [1.29, 1.82) is 0 Å². The molecule has 0 aliphatic carbocycles. The van der Waals surface area contributed by atoms with Crippen molar-refractivity contribution in [3.63, 3.8) is 0 Å². The number of halogens is 1. The lowest BCUT2D eigenvalue weighted by Crippen LogP contribution is -2.44. The highest BCUT2D eigenvalue weighted by Gasteiger charge is 2.22. The molecule has 1 saturated heterocycles. The summed E-state index contributed by atoms with van der Waals surface area (Å²) >= 11 is 3.13. The van der Waals surface area contributed by atoms with Gasteiger partial charge in [0.15, 0.2) is 0 Å². The zero-order valence-corrected chi connectivity index (χ0v) is 10.0. The molecule has 7 heteroatoms. The Morgan fingerprint density at radius 3 is 3.06 bits per heavy atom. The van der Waals surface area contributed by atoms with Gasteiger partial charge in [-0.1, -0.05) is 0 Å². The Bertz CT molecular complexity index is 459. The van der Waals surface area contributed by atoms with Crippen molar-refractivity contribution in [3.8, 4) is 0 Å². The third-order valence-electron chi connectivity index (χ3n) is 2.39. The number of aromatic amines is 1. The van der Waals surface area contributed by atoms with Gasteiger partial charge in [-0.05, 0) is 28.8 Å². The summed E-state index contributed by atoms with van der Waals surface area (Å²) in [6.45, 7) is 0.709. The number of carbonyl (C=O) groups excluding carboxylic acids is 1. The molecule has 86 valence electrons. The van der Waals surface area contributed by atoms with Gasteiger partial charge < -0.3 is 15.6 Å². The first-order chi connectivity index (χ1) is 7.68. The maximum Gasteiger partial charge on any atom is 0.267 e. The molecule has 2 heterocycles. The number of hydrogen-bond acceptors (Lipinski definition) is 4. The Labute approximate surface area is 100.0 Å². The van der Waals surface area contributed by atoms with Crippen LogP contribution in [-0.2, 0) is 4.79 Å². The quantitative estimate of drug-likeness (QED) is 0.726. The molecule has 1 aromatic rings. The third kappa shape index (κ3) is 2.24. The van der Waals surface area contributed by atoms with Crippen LogP contribution < -0.4 is 16.2 Å². The topological polar surface area (TPSA) is 86.9 Å². The molecule has 1 fully saturated rings. The van der Waals surface area contributed by atoms with Crippen LogP contribution in [0.25, 0.3) is 0 Å². The van der Waals surface area contributed by atoms with E-state index in [1.807, 2.05) is 0 Å². The Morgan fingerprint density at radius 1 is 1.50 bits per heavy atom. The minimum atomic E-state index is -0.320. The van der Waals surface area contributed by atoms with Gasteiger partial charge in [-0.3, -0.25) is 9.59 Å². The van der Waals surface area contributed by atoms with E-state index in [1.165, 1.54) is 6.33 Å². The van der Waals surface area contributed by atoms with Crippen LogP contribution in [0.3, 0.4) is 0 Å². The summed E-state index contributed by atoms with van der Waals surface area (Å²) in [6, 6.07) is -0.320. The van der Waals surface area contributed by atoms with Crippen LogP contribution in [0, 0.1) is 0 Å². The first kappa shape index (κ1) is 11.1. The predicted molar refractivity (Wildman–Crippen MR) is 62.2 cm³/mol. The Kier molecular flexibility index (Phi) is 3.23. The fourth-order valence-electron chi connectivity index (χ4n) is 1.56. The monoisotopic (exact) mass is 286 g/mol. The molecular weight excluding hydrogens is 276 g/mol. The summed E-state index contributed by atoms with van der Waals surface area (Å²) in [5.74, 6) is 0.339. The molecule has 0 saturated carbocycles. The minimum Gasteiger partial charge on any atom is -0.357 e. The Morgan fingerprint density at radius 2 is 2.31 bits per heavy atom. The molecule has 1 unspecified atom stereocenters. The molecule has 1 amide bonds. The van der Waals surface area contributed by atoms with Crippen molar-refractivity contribution in [2.24, 2.45) is 0 Å². The molecule has 1 aliphatic rings. The minimum absolute atomic E-state index is 0.0553. The number of anilines is 1. The van der Waals surface area contributed by atoms with Crippen LogP contribution in [-0.4, -0.2) is 28.5 Å². The molecule has 1 atom stereocenters. The van der Waals surface area contributed by atoms with Gasteiger partial charge in [0, 0.05) is 6.54 Å². The highest BCUT2D eigenvalue weighted by Crippen LogP contribution is 2.16. The van der Waals surface area contributed by atoms with Crippen LogP contribution in [0.15, 0.2) is 15.6 Å². The summed E-state index contributed by atoms with van der Waals surface area (Å²) < 4.78 is 0.313. The zero-order valence-electron chi connectivity index (χ0n) is 8.42. The number of H-pyrrole nitrogens is 1. The standard InChI is InChI=1S/C9H11BrN4O2/c10-6-7(12-4-13-9(6)16)14-5-2-1-3-11-8(5)15/h4-5H,1-3H2,(H,11,15)(H2,12,13,14,16). The number of nitrogens with zero attached hydrogens (tertiary/aromatic N) is 1. The first-order valence-corrected chi connectivity index (χ1v) is 5.75. The van der Waals surface area contributed by atoms with Crippen molar-refractivity contribution < 1.29 is 4.79 Å². The molecule has 6 nitrogen and oxygen atoms in total. The van der Waals surface area contributed by atoms with E-state index in [1.54, 1.807) is 0 Å². The second kappa shape index (κ2) is 4.65. The van der Waals surface area contributed by atoms with Gasteiger partial charge in [0.05, 0.1) is 6.33 Å². The van der Waals surface area contributed by atoms with E-state index in [0.717, 1.165) is 12.8 Å². The van der Waals surface area contributed by atoms with E-state index in [2.05, 4.69) is 36.5 Å². The van der Waals surface area contributed by atoms with Crippen LogP contribution in [0.5, 0.6) is 0 Å². The molecule has 0 aromatic carbocycles. The van der Waals surface area contributed by atoms with Crippen LogP contribution >= 0.6 is 15.9 Å². The van der Waals surface area contributed by atoms with Gasteiger partial charge in [0.25, 0.3) is 5.56 Å². The SMILES string of the molecule is O=C1NCCCC1Nc1nc[nH]c(=O)c1Br. The summed E-state index contributed by atoms with van der Waals surface area (Å²) in [5.41, 5.74) is -0.270. The summed E-state index contributed by atoms with van der Waals surface area (Å²) in [6.07, 6.45) is 2.97. The largest absolute Gasteiger partial charge is 0.357 e. The van der Waals surface area contributed by atoms with Crippen molar-refractivity contribution in [3.05, 3.63) is 21.2 Å². The van der Waals surface area contributed by atoms with E-state index in [9.17, 15) is 9.59 Å². The fraction of sp³-hybridized carbons (Fsp3) is 0.444. The van der Waals surface area contributed by atoms with Crippen molar-refractivity contribution >= 4 is 27.7 Å². The second-order valence-corrected chi connectivity index (χ2v) is 4.32. The molecule has 3 N–H and O–H groups in total. The number of aromatic nitrogens is 2. The fourth-order valence-corrected chi connectivity index (χ4v) is 1.89. The van der Waals surface area contributed by atoms with Gasteiger partial charge in [0.2, 0.25) is 5.91 Å². The summed E-state index contributed by atoms with van der Waals surface area (Å²) in [5, 5.41) is 5.71. The smallest absolute Gasteiger partial charge is 0.267 e. The highest BCUT2D eigenvalue weighted by atomic mass is 79.9. The van der Waals surface area contributed by atoms with Gasteiger partial charge >= 0.3 is 0 Å². The third-order valence-corrected chi connectivity index (χ3v) is 3.13. The van der Waals surface area contributed by atoms with Gasteiger partial charge in [-0.25, -0.2) is 4.98 Å². The maximum atomic E-state index is 11.5. The molecule has 0 spiro atoms. The molecule has 1 aromatic heterocycles. The number of hydrogen-bond donors (Lipinski definition) is 3. The number of nitrogens with one attached hydrogen (secondary N) is 3. The van der Waals surface area contributed by atoms with E-state index in [4.69, 9.17) is 0 Å². The maximum absolute atomic E-state index is 11.5. The molecule has 0 bridgehead atoms. The molecular formula is C9H11BrN4O2. The van der Waals surface area contributed by atoms with Crippen molar-refractivity contribution in [2.45, 2.75) is 18.9 Å². The lowest BCUT2D eigenvalue weighted by Gasteiger charge is -2.23. The Balaban J connectivity index is 2.17. The second-order valence-electron chi connectivity index (χ2n) is 3.52. The molecule has 2 rings (SSSR count). The normalized spacial score (nSPS) is 20.3. The highest BCUT2D eigenvalue weighted by molar-refractivity contribution is 9.10. The summed E-state index contributed by atoms with van der Waals surface area (Å²) in [4.78, 5) is 29.2. The van der Waals surface area contributed by atoms with Crippen molar-refractivity contribution in [1.82, 2.24) is 15.3 Å². The average Bonchev–Trinajstić information content (AvgIpc) is 2.28. The number of rotatable bonds is 2. The van der Waals surface area contributed by atoms with Crippen molar-refractivity contribution in [2.75, 3.05) is 11.9 Å². The van der Waals surface area contributed by atoms with Gasteiger partial charge in [-0.15, -0.1) is 0 Å².